The number of carbonyl (C=O) groups is 2. The third kappa shape index (κ3) is 4.04. The van der Waals surface area contributed by atoms with Gasteiger partial charge in [-0.15, -0.1) is 0 Å². The van der Waals surface area contributed by atoms with Crippen LogP contribution >= 0.6 is 0 Å². The summed E-state index contributed by atoms with van der Waals surface area (Å²) < 4.78 is 11.3. The Labute approximate surface area is 181 Å². The van der Waals surface area contributed by atoms with E-state index in [0.717, 1.165) is 32.1 Å². The zero-order chi connectivity index (χ0) is 21.5. The van der Waals surface area contributed by atoms with Crippen LogP contribution in [-0.2, 0) is 14.3 Å². The summed E-state index contributed by atoms with van der Waals surface area (Å²) in [4.78, 5) is 25.5. The Balaban J connectivity index is 1.21. The van der Waals surface area contributed by atoms with Gasteiger partial charge in [-0.25, -0.2) is 0 Å². The van der Waals surface area contributed by atoms with Crippen molar-refractivity contribution in [3.05, 3.63) is 54.6 Å². The van der Waals surface area contributed by atoms with Gasteiger partial charge in [0, 0.05) is 0 Å². The molecule has 6 nitrogen and oxygen atoms in total. The highest BCUT2D eigenvalue weighted by molar-refractivity contribution is 5.94. The van der Waals surface area contributed by atoms with Crippen molar-refractivity contribution in [2.24, 2.45) is 17.3 Å². The van der Waals surface area contributed by atoms with Crippen LogP contribution in [0, 0.1) is 17.3 Å². The predicted molar refractivity (Wildman–Crippen MR) is 115 cm³/mol. The number of para-hydroxylation sites is 3. The quantitative estimate of drug-likeness (QED) is 0.680. The molecule has 2 N–H and O–H groups in total. The number of nitrogens with one attached hydrogen (secondary N) is 1. The van der Waals surface area contributed by atoms with Gasteiger partial charge in [0.15, 0.2) is 12.4 Å². The van der Waals surface area contributed by atoms with E-state index >= 15 is 0 Å². The number of ether oxygens (including phenoxy) is 2. The standard InChI is InChI=1S/C25H27NO5/c27-22(26-20-8-4-5-9-21(20)31-19-6-2-1-3-7-19)15-30-23(28)24-11-17-10-18(12-24)14-25(29,13-17)16-24/h1-9,17-18,29H,10-16H2,(H,26,27)/t17-,18+,24?,25?. The van der Waals surface area contributed by atoms with Crippen LogP contribution in [0.1, 0.15) is 38.5 Å². The zero-order valence-corrected chi connectivity index (χ0v) is 17.4. The van der Waals surface area contributed by atoms with Gasteiger partial charge in [-0.05, 0) is 74.6 Å². The Morgan fingerprint density at radius 3 is 2.35 bits per heavy atom. The molecule has 4 aliphatic carbocycles. The van der Waals surface area contributed by atoms with Crippen molar-refractivity contribution in [1.82, 2.24) is 0 Å². The van der Waals surface area contributed by atoms with Crippen LogP contribution < -0.4 is 10.1 Å². The van der Waals surface area contributed by atoms with Crippen LogP contribution in [-0.4, -0.2) is 29.2 Å². The molecule has 2 unspecified atom stereocenters. The first-order valence-electron chi connectivity index (χ1n) is 10.9. The van der Waals surface area contributed by atoms with Gasteiger partial charge in [0.05, 0.1) is 16.7 Å². The van der Waals surface area contributed by atoms with E-state index in [1.807, 2.05) is 36.4 Å². The molecule has 31 heavy (non-hydrogen) atoms. The topological polar surface area (TPSA) is 84.9 Å². The fourth-order valence-electron chi connectivity index (χ4n) is 6.20. The monoisotopic (exact) mass is 421 g/mol. The fourth-order valence-corrected chi connectivity index (χ4v) is 6.20. The minimum atomic E-state index is -0.737. The molecule has 4 saturated carbocycles. The van der Waals surface area contributed by atoms with Crippen molar-refractivity contribution < 1.29 is 24.2 Å². The third-order valence-electron chi connectivity index (χ3n) is 6.93. The van der Waals surface area contributed by atoms with Gasteiger partial charge in [-0.1, -0.05) is 30.3 Å². The summed E-state index contributed by atoms with van der Waals surface area (Å²) in [5, 5.41) is 13.6. The Bertz CT molecular complexity index is 974. The summed E-state index contributed by atoms with van der Waals surface area (Å²) in [6, 6.07) is 16.4. The van der Waals surface area contributed by atoms with Gasteiger partial charge in [0.2, 0.25) is 0 Å². The lowest BCUT2D eigenvalue weighted by molar-refractivity contribution is -0.196. The number of hydrogen-bond acceptors (Lipinski definition) is 5. The summed E-state index contributed by atoms with van der Waals surface area (Å²) >= 11 is 0. The van der Waals surface area contributed by atoms with E-state index in [1.54, 1.807) is 18.2 Å². The van der Waals surface area contributed by atoms with Crippen molar-refractivity contribution in [3.8, 4) is 11.5 Å². The van der Waals surface area contributed by atoms with E-state index in [4.69, 9.17) is 9.47 Å². The largest absolute Gasteiger partial charge is 0.455 e. The van der Waals surface area contributed by atoms with Crippen LogP contribution in [0.15, 0.2) is 54.6 Å². The van der Waals surface area contributed by atoms with E-state index in [-0.39, 0.29) is 12.6 Å². The van der Waals surface area contributed by atoms with Crippen LogP contribution in [0.2, 0.25) is 0 Å². The van der Waals surface area contributed by atoms with Crippen LogP contribution in [0.25, 0.3) is 0 Å². The molecule has 0 heterocycles. The molecule has 2 aromatic rings. The lowest BCUT2D eigenvalue weighted by Crippen LogP contribution is -2.58. The molecule has 0 spiro atoms. The number of esters is 1. The summed E-state index contributed by atoms with van der Waals surface area (Å²) in [5.74, 6) is 1.18. The van der Waals surface area contributed by atoms with E-state index < -0.39 is 16.9 Å². The highest BCUT2D eigenvalue weighted by Gasteiger charge is 2.60. The smallest absolute Gasteiger partial charge is 0.312 e. The first-order chi connectivity index (χ1) is 14.9. The van der Waals surface area contributed by atoms with Crippen LogP contribution in [0.3, 0.4) is 0 Å². The Hall–Kier alpha value is -2.86. The van der Waals surface area contributed by atoms with Crippen LogP contribution in [0.4, 0.5) is 5.69 Å². The number of carbonyl (C=O) groups excluding carboxylic acids is 2. The van der Waals surface area contributed by atoms with Crippen molar-refractivity contribution in [2.75, 3.05) is 11.9 Å². The molecule has 6 heteroatoms. The average Bonchev–Trinajstić information content (AvgIpc) is 2.72. The number of hydrogen-bond donors (Lipinski definition) is 2. The lowest BCUT2D eigenvalue weighted by Gasteiger charge is -2.58. The molecule has 4 atom stereocenters. The maximum atomic E-state index is 13.0. The van der Waals surface area contributed by atoms with Crippen molar-refractivity contribution in [3.63, 3.8) is 0 Å². The SMILES string of the molecule is O=C(COC(=O)C12C[C@@H]3C[C@@H](CC(O)(C3)C1)C2)Nc1ccccc1Oc1ccccc1. The number of rotatable bonds is 6. The second-order valence-electron chi connectivity index (χ2n) is 9.50. The lowest BCUT2D eigenvalue weighted by atomic mass is 9.48. The van der Waals surface area contributed by atoms with Gasteiger partial charge in [0.1, 0.15) is 5.75 Å². The molecule has 4 bridgehead atoms. The molecule has 2 aromatic carbocycles. The summed E-state index contributed by atoms with van der Waals surface area (Å²) in [7, 11) is 0. The Morgan fingerprint density at radius 2 is 1.65 bits per heavy atom. The zero-order valence-electron chi connectivity index (χ0n) is 17.4. The molecule has 6 rings (SSSR count). The molecule has 0 radical (unpaired) electrons. The second kappa shape index (κ2) is 7.68. The molecule has 0 aliphatic heterocycles. The van der Waals surface area contributed by atoms with Crippen molar-refractivity contribution in [1.29, 1.82) is 0 Å². The highest BCUT2D eigenvalue weighted by atomic mass is 16.5. The average molecular weight is 421 g/mol. The Kier molecular flexibility index (Phi) is 4.97. The summed E-state index contributed by atoms with van der Waals surface area (Å²) in [6.45, 7) is -0.353. The molecule has 0 saturated heterocycles. The minimum Gasteiger partial charge on any atom is -0.455 e. The molecule has 1 amide bonds. The fraction of sp³-hybridized carbons (Fsp3) is 0.440. The highest BCUT2D eigenvalue weighted by Crippen LogP contribution is 2.61. The molecule has 4 aliphatic rings. The van der Waals surface area contributed by atoms with E-state index in [1.165, 1.54) is 0 Å². The number of benzene rings is 2. The first kappa shape index (κ1) is 20.1. The van der Waals surface area contributed by atoms with E-state index in [9.17, 15) is 14.7 Å². The maximum absolute atomic E-state index is 13.0. The number of anilines is 1. The third-order valence-corrected chi connectivity index (χ3v) is 6.93. The molecule has 162 valence electrons. The number of amides is 1. The van der Waals surface area contributed by atoms with Gasteiger partial charge in [-0.3, -0.25) is 9.59 Å². The van der Waals surface area contributed by atoms with Gasteiger partial charge in [-0.2, -0.15) is 0 Å². The second-order valence-corrected chi connectivity index (χ2v) is 9.50. The van der Waals surface area contributed by atoms with Crippen molar-refractivity contribution in [2.45, 2.75) is 44.1 Å². The normalized spacial score (nSPS) is 30.6. The van der Waals surface area contributed by atoms with Gasteiger partial charge in [0.25, 0.3) is 5.91 Å². The van der Waals surface area contributed by atoms with E-state index in [0.29, 0.717) is 35.4 Å². The molecular formula is C25H27NO5. The maximum Gasteiger partial charge on any atom is 0.312 e. The summed E-state index contributed by atoms with van der Waals surface area (Å²) in [6.07, 6.45) is 4.66. The summed E-state index contributed by atoms with van der Waals surface area (Å²) in [5.41, 5.74) is -0.858. The molecule has 4 fully saturated rings. The Morgan fingerprint density at radius 1 is 0.968 bits per heavy atom. The predicted octanol–water partition coefficient (Wildman–Crippen LogP) is 4.29. The van der Waals surface area contributed by atoms with Crippen LogP contribution in [0.5, 0.6) is 11.5 Å². The molecule has 0 aromatic heterocycles. The minimum absolute atomic E-state index is 0.344. The van der Waals surface area contributed by atoms with Crippen molar-refractivity contribution >= 4 is 17.6 Å². The number of aliphatic hydroxyl groups is 1. The van der Waals surface area contributed by atoms with E-state index in [2.05, 4.69) is 5.32 Å². The molecular weight excluding hydrogens is 394 g/mol. The first-order valence-corrected chi connectivity index (χ1v) is 10.9. The van der Waals surface area contributed by atoms with Gasteiger partial charge >= 0.3 is 5.97 Å². The van der Waals surface area contributed by atoms with Gasteiger partial charge < -0.3 is 19.9 Å².